The maximum atomic E-state index is 12.2. The molecule has 0 radical (unpaired) electrons. The summed E-state index contributed by atoms with van der Waals surface area (Å²) in [5, 5.41) is 3.18. The van der Waals surface area contributed by atoms with Gasteiger partial charge in [0.05, 0.1) is 6.61 Å². The van der Waals surface area contributed by atoms with Crippen molar-refractivity contribution in [1.29, 1.82) is 0 Å². The first-order valence-corrected chi connectivity index (χ1v) is 5.70. The summed E-state index contributed by atoms with van der Waals surface area (Å²) in [7, 11) is 0. The van der Waals surface area contributed by atoms with Crippen LogP contribution in [0.1, 0.15) is 34.1 Å². The molecule has 0 aromatic heterocycles. The van der Waals surface area contributed by atoms with E-state index in [1.807, 2.05) is 20.8 Å². The maximum absolute atomic E-state index is 12.2. The van der Waals surface area contributed by atoms with E-state index in [2.05, 4.69) is 5.32 Å². The highest BCUT2D eigenvalue weighted by molar-refractivity contribution is 4.71. The van der Waals surface area contributed by atoms with Crippen molar-refractivity contribution in [3.8, 4) is 0 Å². The van der Waals surface area contributed by atoms with Gasteiger partial charge in [-0.25, -0.2) is 0 Å². The highest BCUT2D eigenvalue weighted by atomic mass is 19.4. The molecule has 5 heteroatoms. The predicted octanol–water partition coefficient (Wildman–Crippen LogP) is 2.98. The van der Waals surface area contributed by atoms with E-state index in [9.17, 15) is 13.2 Å². The highest BCUT2D eigenvalue weighted by Gasteiger charge is 2.37. The van der Waals surface area contributed by atoms with Gasteiger partial charge in [-0.3, -0.25) is 0 Å². The van der Waals surface area contributed by atoms with Crippen molar-refractivity contribution in [2.75, 3.05) is 13.2 Å². The molecule has 0 aromatic carbocycles. The van der Waals surface area contributed by atoms with E-state index in [1.54, 1.807) is 0 Å². The second-order valence-electron chi connectivity index (χ2n) is 4.32. The molecule has 0 aliphatic carbocycles. The molecule has 1 N–H and O–H groups in total. The Labute approximate surface area is 95.5 Å². The van der Waals surface area contributed by atoms with Gasteiger partial charge in [0.15, 0.2) is 6.10 Å². The summed E-state index contributed by atoms with van der Waals surface area (Å²) in [4.78, 5) is 0. The minimum absolute atomic E-state index is 0.0234. The molecule has 0 aliphatic rings. The van der Waals surface area contributed by atoms with Gasteiger partial charge in [-0.05, 0) is 25.8 Å². The van der Waals surface area contributed by atoms with Gasteiger partial charge < -0.3 is 10.1 Å². The highest BCUT2D eigenvalue weighted by Crippen LogP contribution is 2.22. The molecular formula is C11H22F3NO. The monoisotopic (exact) mass is 241 g/mol. The normalized spacial score (nSPS) is 16.5. The van der Waals surface area contributed by atoms with E-state index >= 15 is 0 Å². The number of halogens is 3. The average molecular weight is 241 g/mol. The van der Waals surface area contributed by atoms with Crippen LogP contribution in [0.2, 0.25) is 0 Å². The molecule has 16 heavy (non-hydrogen) atoms. The zero-order valence-electron chi connectivity index (χ0n) is 10.4. The summed E-state index contributed by atoms with van der Waals surface area (Å²) in [6.45, 7) is 7.88. The zero-order chi connectivity index (χ0) is 12.8. The lowest BCUT2D eigenvalue weighted by Gasteiger charge is -2.25. The molecule has 0 fully saturated rings. The van der Waals surface area contributed by atoms with Crippen LogP contribution in [-0.2, 0) is 4.74 Å². The first kappa shape index (κ1) is 15.7. The quantitative estimate of drug-likeness (QED) is 0.740. The van der Waals surface area contributed by atoms with Gasteiger partial charge in [-0.15, -0.1) is 0 Å². The van der Waals surface area contributed by atoms with E-state index < -0.39 is 12.3 Å². The van der Waals surface area contributed by atoms with E-state index in [1.165, 1.54) is 0 Å². The lowest BCUT2D eigenvalue weighted by Crippen LogP contribution is -2.41. The molecule has 0 saturated carbocycles. The van der Waals surface area contributed by atoms with Crippen LogP contribution in [0, 0.1) is 5.92 Å². The van der Waals surface area contributed by atoms with Crippen LogP contribution >= 0.6 is 0 Å². The first-order valence-electron chi connectivity index (χ1n) is 5.70. The number of ether oxygens (including phenoxy) is 1. The molecule has 0 bridgehead atoms. The van der Waals surface area contributed by atoms with E-state index in [-0.39, 0.29) is 18.6 Å². The molecule has 0 heterocycles. The fraction of sp³-hybridized carbons (Fsp3) is 1.00. The Bertz CT molecular complexity index is 183. The van der Waals surface area contributed by atoms with Crippen molar-refractivity contribution in [3.05, 3.63) is 0 Å². The largest absolute Gasteiger partial charge is 0.414 e. The molecule has 0 amide bonds. The standard InChI is InChI=1S/C11H22F3NO/c1-5-6-15-10(8(2)3)7-16-9(4)11(12,13)14/h8-10,15H,5-7H2,1-4H3. The van der Waals surface area contributed by atoms with Crippen molar-refractivity contribution in [1.82, 2.24) is 5.32 Å². The molecule has 0 saturated heterocycles. The maximum Gasteiger partial charge on any atom is 0.414 e. The Morgan fingerprint density at radius 1 is 1.19 bits per heavy atom. The molecule has 0 aliphatic heterocycles. The van der Waals surface area contributed by atoms with Crippen LogP contribution in [-0.4, -0.2) is 31.5 Å². The number of hydrogen-bond donors (Lipinski definition) is 1. The van der Waals surface area contributed by atoms with Gasteiger partial charge in [0.2, 0.25) is 0 Å². The Kier molecular flexibility index (Phi) is 6.99. The Hall–Kier alpha value is -0.290. The predicted molar refractivity (Wildman–Crippen MR) is 58.4 cm³/mol. The zero-order valence-corrected chi connectivity index (χ0v) is 10.4. The van der Waals surface area contributed by atoms with E-state index in [0.29, 0.717) is 0 Å². The smallest absolute Gasteiger partial charge is 0.367 e. The number of hydrogen-bond acceptors (Lipinski definition) is 2. The molecule has 0 rings (SSSR count). The first-order chi connectivity index (χ1) is 7.29. The summed E-state index contributed by atoms with van der Waals surface area (Å²) in [5.74, 6) is 0.256. The summed E-state index contributed by atoms with van der Waals surface area (Å²) < 4.78 is 41.5. The van der Waals surface area contributed by atoms with Gasteiger partial charge in [0.1, 0.15) is 0 Å². The number of rotatable bonds is 7. The molecule has 2 nitrogen and oxygen atoms in total. The van der Waals surface area contributed by atoms with Crippen LogP contribution in [0.3, 0.4) is 0 Å². The topological polar surface area (TPSA) is 21.3 Å². The molecular weight excluding hydrogens is 219 g/mol. The van der Waals surface area contributed by atoms with Crippen LogP contribution < -0.4 is 5.32 Å². The second kappa shape index (κ2) is 7.12. The SMILES string of the molecule is CCCNC(COC(C)C(F)(F)F)C(C)C. The van der Waals surface area contributed by atoms with Crippen molar-refractivity contribution >= 4 is 0 Å². The fourth-order valence-electron chi connectivity index (χ4n) is 1.16. The van der Waals surface area contributed by atoms with Gasteiger partial charge in [0.25, 0.3) is 0 Å². The number of alkyl halides is 3. The van der Waals surface area contributed by atoms with Crippen LogP contribution in [0.5, 0.6) is 0 Å². The van der Waals surface area contributed by atoms with Crippen molar-refractivity contribution < 1.29 is 17.9 Å². The van der Waals surface area contributed by atoms with Crippen molar-refractivity contribution in [2.24, 2.45) is 5.92 Å². The van der Waals surface area contributed by atoms with Gasteiger partial charge in [-0.1, -0.05) is 20.8 Å². The molecule has 0 aromatic rings. The summed E-state index contributed by atoms with van der Waals surface area (Å²) >= 11 is 0. The van der Waals surface area contributed by atoms with Crippen LogP contribution in [0.25, 0.3) is 0 Å². The molecule has 0 spiro atoms. The minimum atomic E-state index is -4.27. The Morgan fingerprint density at radius 2 is 1.75 bits per heavy atom. The van der Waals surface area contributed by atoms with Crippen molar-refractivity contribution in [2.45, 2.75) is 52.4 Å². The molecule has 2 unspecified atom stereocenters. The summed E-state index contributed by atoms with van der Waals surface area (Å²) in [5.41, 5.74) is 0. The van der Waals surface area contributed by atoms with E-state index in [4.69, 9.17) is 4.74 Å². The second-order valence-corrected chi connectivity index (χ2v) is 4.32. The Morgan fingerprint density at radius 3 is 2.12 bits per heavy atom. The number of nitrogens with one attached hydrogen (secondary N) is 1. The third kappa shape index (κ3) is 6.33. The van der Waals surface area contributed by atoms with Crippen molar-refractivity contribution in [3.63, 3.8) is 0 Å². The summed E-state index contributed by atoms with van der Waals surface area (Å²) in [6.07, 6.45) is -5.01. The lowest BCUT2D eigenvalue weighted by molar-refractivity contribution is -0.216. The third-order valence-corrected chi connectivity index (χ3v) is 2.45. The molecule has 98 valence electrons. The lowest BCUT2D eigenvalue weighted by atomic mass is 10.1. The van der Waals surface area contributed by atoms with Crippen LogP contribution in [0.15, 0.2) is 0 Å². The minimum Gasteiger partial charge on any atom is -0.367 e. The fourth-order valence-corrected chi connectivity index (χ4v) is 1.16. The van der Waals surface area contributed by atoms with E-state index in [0.717, 1.165) is 19.9 Å². The third-order valence-electron chi connectivity index (χ3n) is 2.45. The van der Waals surface area contributed by atoms with Gasteiger partial charge in [0, 0.05) is 6.04 Å². The van der Waals surface area contributed by atoms with Gasteiger partial charge in [-0.2, -0.15) is 13.2 Å². The van der Waals surface area contributed by atoms with Crippen LogP contribution in [0.4, 0.5) is 13.2 Å². The summed E-state index contributed by atoms with van der Waals surface area (Å²) in [6, 6.07) is -0.0234. The van der Waals surface area contributed by atoms with Gasteiger partial charge >= 0.3 is 6.18 Å². The average Bonchev–Trinajstić information content (AvgIpc) is 2.15. The Balaban J connectivity index is 4.02. The molecule has 2 atom stereocenters.